The molecule has 5 aromatic carbocycles. The lowest BCUT2D eigenvalue weighted by Gasteiger charge is -2.16. The summed E-state index contributed by atoms with van der Waals surface area (Å²) >= 11 is 12.2. The van der Waals surface area contributed by atoms with Gasteiger partial charge in [0.1, 0.15) is 26.9 Å². The van der Waals surface area contributed by atoms with Crippen molar-refractivity contribution < 1.29 is 93.8 Å². The van der Waals surface area contributed by atoms with E-state index < -0.39 is 139 Å². The molecule has 1 unspecified atom stereocenters. The molecule has 0 saturated heterocycles. The number of phenols is 1. The molecule has 0 aliphatic rings. The number of amides is 1. The van der Waals surface area contributed by atoms with Crippen LogP contribution in [0, 0.1) is 0 Å². The Morgan fingerprint density at radius 3 is 1.92 bits per heavy atom. The summed E-state index contributed by atoms with van der Waals surface area (Å²) in [6.07, 6.45) is 0. The monoisotopic (exact) mass is 1210 g/mol. The van der Waals surface area contributed by atoms with Crippen molar-refractivity contribution in [1.29, 1.82) is 0 Å². The molecule has 1 aromatic heterocycles. The van der Waals surface area contributed by atoms with E-state index in [1.54, 1.807) is 0 Å². The number of ketones is 1. The Hall–Kier alpha value is -6.53. The molecule has 0 fully saturated rings. The van der Waals surface area contributed by atoms with Crippen molar-refractivity contribution in [3.05, 3.63) is 89.2 Å². The van der Waals surface area contributed by atoms with Crippen LogP contribution in [0.3, 0.4) is 0 Å². The highest BCUT2D eigenvalue weighted by atomic mass is 35.5. The first-order chi connectivity index (χ1) is 35.3. The number of benzene rings is 5. The Morgan fingerprint density at radius 2 is 1.34 bits per heavy atom. The van der Waals surface area contributed by atoms with Crippen LogP contribution < -0.4 is 16.0 Å². The zero-order valence-corrected chi connectivity index (χ0v) is 43.6. The molecule has 1 atom stereocenters. The van der Waals surface area contributed by atoms with Crippen LogP contribution in [0.2, 0.25) is 10.3 Å². The third-order valence-corrected chi connectivity index (χ3v) is 15.4. The number of hydrogen-bond donors (Lipinski definition) is 9. The average Bonchev–Trinajstić information content (AvgIpc) is 3.29. The van der Waals surface area contributed by atoms with Gasteiger partial charge in [-0.3, -0.25) is 27.8 Å². The molecule has 1 heterocycles. The molecule has 0 bridgehead atoms. The minimum atomic E-state index is -5.45. The number of aromatic nitrogens is 3. The van der Waals surface area contributed by atoms with E-state index in [0.29, 0.717) is 0 Å². The molecule has 76 heavy (non-hydrogen) atoms. The highest BCUT2D eigenvalue weighted by Crippen LogP contribution is 2.47. The van der Waals surface area contributed by atoms with Crippen LogP contribution in [0.15, 0.2) is 124 Å². The molecule has 404 valence electrons. The molecule has 39 heteroatoms. The largest absolute Gasteiger partial charge is 0.505 e. The lowest BCUT2D eigenvalue weighted by molar-refractivity contribution is -0.432. The van der Waals surface area contributed by atoms with Crippen molar-refractivity contribution in [2.45, 2.75) is 37.4 Å². The van der Waals surface area contributed by atoms with E-state index in [-0.39, 0.29) is 50.9 Å². The number of rotatable bonds is 22. The van der Waals surface area contributed by atoms with Crippen LogP contribution in [0.1, 0.15) is 6.92 Å². The Bertz CT molecular complexity index is 3960. The number of carbonyl (C=O) groups is 2. The van der Waals surface area contributed by atoms with Crippen LogP contribution in [0.25, 0.3) is 10.8 Å². The van der Waals surface area contributed by atoms with Gasteiger partial charge in [-0.1, -0.05) is 16.6 Å². The summed E-state index contributed by atoms with van der Waals surface area (Å²) in [5.41, 5.74) is -2.21. The van der Waals surface area contributed by atoms with E-state index in [1.165, 1.54) is 12.1 Å². The van der Waals surface area contributed by atoms with E-state index in [2.05, 4.69) is 64.9 Å². The number of nitrogens with one attached hydrogen (secondary N) is 3. The predicted octanol–water partition coefficient (Wildman–Crippen LogP) is 6.38. The van der Waals surface area contributed by atoms with Gasteiger partial charge in [0.2, 0.25) is 23.2 Å². The van der Waals surface area contributed by atoms with Crippen molar-refractivity contribution >= 4 is 154 Å². The first-order valence-corrected chi connectivity index (χ1v) is 28.6. The molecule has 0 aliphatic heterocycles. The van der Waals surface area contributed by atoms with E-state index in [9.17, 15) is 70.4 Å². The number of aromatic hydroxyl groups is 1. The number of azo groups is 2. The zero-order valence-electron chi connectivity index (χ0n) is 37.1. The summed E-state index contributed by atoms with van der Waals surface area (Å²) in [5, 5.41) is 44.9. The van der Waals surface area contributed by atoms with Crippen molar-refractivity contribution in [3.8, 4) is 5.75 Å². The van der Waals surface area contributed by atoms with Crippen molar-refractivity contribution in [3.63, 3.8) is 0 Å². The summed E-state index contributed by atoms with van der Waals surface area (Å²) < 4.78 is 168. The fourth-order valence-corrected chi connectivity index (χ4v) is 10.6. The third kappa shape index (κ3) is 15.1. The summed E-state index contributed by atoms with van der Waals surface area (Å²) in [6.45, 7) is 0.0384. The molecular formula is C37H30Cl2N10O21S6. The zero-order chi connectivity index (χ0) is 56.1. The summed E-state index contributed by atoms with van der Waals surface area (Å²) in [4.78, 5) is 34.6. The van der Waals surface area contributed by atoms with Gasteiger partial charge in [-0.25, -0.2) is 17.9 Å². The van der Waals surface area contributed by atoms with Crippen molar-refractivity contribution in [1.82, 2.24) is 15.0 Å². The van der Waals surface area contributed by atoms with E-state index >= 15 is 0 Å². The van der Waals surface area contributed by atoms with Crippen LogP contribution >= 0.6 is 35.2 Å². The molecule has 1 amide bonds. The van der Waals surface area contributed by atoms with Gasteiger partial charge in [0.25, 0.3) is 36.3 Å². The molecular weight excluding hydrogens is 1180 g/mol. The molecule has 6 aromatic rings. The quantitative estimate of drug-likeness (QED) is 0.00888. The Balaban J connectivity index is 1.32. The summed E-state index contributed by atoms with van der Waals surface area (Å²) in [6, 6.07) is 11.1. The lowest BCUT2D eigenvalue weighted by Crippen LogP contribution is -2.32. The van der Waals surface area contributed by atoms with E-state index in [0.717, 1.165) is 73.7 Å². The molecule has 31 nitrogen and oxygen atoms in total. The topological polar surface area (TPSA) is 478 Å². The van der Waals surface area contributed by atoms with Crippen LogP contribution in [0.5, 0.6) is 5.75 Å². The maximum atomic E-state index is 13.4. The Labute approximate surface area is 441 Å². The second-order valence-electron chi connectivity index (χ2n) is 14.6. The number of halogens is 2. The van der Waals surface area contributed by atoms with Gasteiger partial charge in [0.05, 0.1) is 49.8 Å². The number of nitrogens with zero attached hydrogens (tertiary/aromatic N) is 7. The average molecular weight is 1210 g/mol. The highest BCUT2D eigenvalue weighted by molar-refractivity contribution is 7.94. The van der Waals surface area contributed by atoms with Gasteiger partial charge >= 0.3 is 10.4 Å². The van der Waals surface area contributed by atoms with Gasteiger partial charge in [-0.15, -0.1) is 14.6 Å². The van der Waals surface area contributed by atoms with Crippen LogP contribution in [-0.4, -0.2) is 116 Å². The molecule has 0 saturated carbocycles. The maximum Gasteiger partial charge on any atom is 0.397 e. The van der Waals surface area contributed by atoms with Crippen molar-refractivity contribution in [2.75, 3.05) is 28.3 Å². The molecule has 0 aliphatic carbocycles. The summed E-state index contributed by atoms with van der Waals surface area (Å²) in [5.74, 6) is -4.64. The number of Topliss-reactive ketones (excluding diaryl/α,β-unsaturated/α-hetero) is 1. The second-order valence-corrected chi connectivity index (χ2v) is 23.4. The number of hydrogen-bond acceptors (Lipinski definition) is 27. The number of phenolic OH excluding ortho intramolecular Hbond substituents is 1. The minimum absolute atomic E-state index is 0.0318. The molecule has 6 rings (SSSR count). The maximum absolute atomic E-state index is 13.4. The van der Waals surface area contributed by atoms with E-state index in [4.69, 9.17) is 33.0 Å². The third-order valence-electron chi connectivity index (χ3n) is 9.40. The first-order valence-electron chi connectivity index (χ1n) is 19.7. The smallest absolute Gasteiger partial charge is 0.397 e. The Kier molecular flexibility index (Phi) is 18.1. The lowest BCUT2D eigenvalue weighted by atomic mass is 10.1. The minimum Gasteiger partial charge on any atom is -0.505 e. The Morgan fingerprint density at radius 1 is 0.711 bits per heavy atom. The molecule has 9 N–H and O–H groups in total. The van der Waals surface area contributed by atoms with Gasteiger partial charge < -0.3 is 21.1 Å². The molecule has 0 radical (unpaired) electrons. The van der Waals surface area contributed by atoms with Gasteiger partial charge in [0, 0.05) is 22.1 Å². The number of carbonyl (C=O) groups excluding carboxylic acids is 2. The molecule has 0 spiro atoms. The fraction of sp³-hybridized carbons (Fsp3) is 0.108. The van der Waals surface area contributed by atoms with E-state index in [1.807, 2.05) is 0 Å². The van der Waals surface area contributed by atoms with Gasteiger partial charge in [-0.2, -0.15) is 58.9 Å². The van der Waals surface area contributed by atoms with Gasteiger partial charge in [0.15, 0.2) is 21.4 Å². The first kappa shape index (κ1) is 58.7. The number of sulfone groups is 1. The van der Waals surface area contributed by atoms with Crippen molar-refractivity contribution in [2.24, 2.45) is 20.5 Å². The van der Waals surface area contributed by atoms with Crippen LogP contribution in [0.4, 0.5) is 46.0 Å². The van der Waals surface area contributed by atoms with Gasteiger partial charge in [-0.05, 0) is 97.4 Å². The SMILES string of the molecule is CC(=O)C(N=Nc1ccc(S(=O)(=O)O)cc1Cl)C(=O)Nc1ccc2c(O)c(N=Nc3cc(Nc4nc(Cl)nc(Nc5ccc(S(=O)(=O)CCOS(=O)(=O)O)cc5)n4)ccc3S(=O)(=O)O)c(SOOO)cc2c1S(=O)(=O)O. The summed E-state index contributed by atoms with van der Waals surface area (Å²) in [7, 11) is -24.2. The normalized spacial score (nSPS) is 13.1. The fourth-order valence-electron chi connectivity index (χ4n) is 6.18. The predicted molar refractivity (Wildman–Crippen MR) is 263 cm³/mol. The second kappa shape index (κ2) is 23.4. The standard InChI is InChI=1S/C37H30Cl2N10O21S6/c1-17(50)30(48-46-25-9-7-21(15-24(25)38)73(56,57)58)34(52)42-26-10-8-22-23(33(26)75(62,63)64)16-28(71-70-69-53)31(32(22)51)49-47-27-14-19(4-11-29(27)74(59,60)61)41-37-44-35(39)43-36(45-37)40-18-2-5-20(6-3-18)72(54,55)13-12-68-76(65,66)67/h2-11,14-16,30,51,53H,12-13H2,1H3,(H,42,52)(H,56,57,58)(H,59,60,61)(H,62,63,64)(H,65,66,67)(H2,40,41,43,44,45). The number of fused-ring (bicyclic) bond motifs is 1. The number of anilines is 5. The highest BCUT2D eigenvalue weighted by Gasteiger charge is 2.30. The van der Waals surface area contributed by atoms with Crippen LogP contribution in [-0.2, 0) is 73.7 Å².